The predicted octanol–water partition coefficient (Wildman–Crippen LogP) is 6.76. The van der Waals surface area contributed by atoms with Gasteiger partial charge in [-0.05, 0) is 52.8 Å². The molecule has 0 spiro atoms. The van der Waals surface area contributed by atoms with E-state index in [1.54, 1.807) is 36.4 Å². The molecule has 38 heavy (non-hydrogen) atoms. The van der Waals surface area contributed by atoms with Crippen molar-refractivity contribution in [2.75, 3.05) is 11.9 Å². The molecule has 0 unspecified atom stereocenters. The molecule has 0 bridgehead atoms. The van der Waals surface area contributed by atoms with Crippen LogP contribution in [0.25, 0.3) is 0 Å². The molecule has 2 aromatic carbocycles. The van der Waals surface area contributed by atoms with Crippen LogP contribution in [0.2, 0.25) is 5.02 Å². The zero-order valence-corrected chi connectivity index (χ0v) is 22.9. The fourth-order valence-corrected chi connectivity index (χ4v) is 5.77. The number of Topliss-reactive ketones (excluding diaryl/α,β-unsaturated/α-hetero) is 2. The Hall–Kier alpha value is -3.38. The van der Waals surface area contributed by atoms with Crippen LogP contribution in [-0.2, 0) is 19.1 Å². The number of allylic oxidation sites excluding steroid dienone is 4. The Bertz CT molecular complexity index is 1310. The van der Waals surface area contributed by atoms with E-state index in [2.05, 4.69) is 33.0 Å². The molecule has 2 aliphatic carbocycles. The highest BCUT2D eigenvalue weighted by atomic mass is 35.5. The second-order valence-corrected chi connectivity index (χ2v) is 12.4. The normalized spacial score (nSPS) is 20.4. The van der Waals surface area contributed by atoms with Crippen molar-refractivity contribution in [1.82, 2.24) is 0 Å². The minimum atomic E-state index is -0.455. The van der Waals surface area contributed by atoms with Gasteiger partial charge in [-0.2, -0.15) is 0 Å². The summed E-state index contributed by atoms with van der Waals surface area (Å²) < 4.78 is 12.0. The van der Waals surface area contributed by atoms with Crippen LogP contribution in [0.1, 0.15) is 64.9 Å². The molecule has 1 heterocycles. The van der Waals surface area contributed by atoms with E-state index in [1.165, 1.54) is 0 Å². The van der Waals surface area contributed by atoms with E-state index in [1.807, 2.05) is 12.1 Å². The Morgan fingerprint density at radius 3 is 1.92 bits per heavy atom. The maximum absolute atomic E-state index is 13.4. The van der Waals surface area contributed by atoms with E-state index in [9.17, 15) is 14.4 Å². The molecule has 5 rings (SSSR count). The number of rotatable bonds is 5. The van der Waals surface area contributed by atoms with Gasteiger partial charge in [0.1, 0.15) is 17.3 Å². The van der Waals surface area contributed by atoms with E-state index in [4.69, 9.17) is 21.1 Å². The summed E-state index contributed by atoms with van der Waals surface area (Å²) >= 11 is 5.89. The van der Waals surface area contributed by atoms with Crippen LogP contribution in [0.5, 0.6) is 5.75 Å². The summed E-state index contributed by atoms with van der Waals surface area (Å²) in [6, 6.07) is 14.1. The van der Waals surface area contributed by atoms with Gasteiger partial charge in [0.2, 0.25) is 0 Å². The summed E-state index contributed by atoms with van der Waals surface area (Å²) in [5.74, 6) is 1.22. The van der Waals surface area contributed by atoms with Crippen molar-refractivity contribution in [3.05, 3.63) is 81.8 Å². The van der Waals surface area contributed by atoms with Gasteiger partial charge in [0.05, 0.1) is 0 Å². The minimum absolute atomic E-state index is 0.0321. The lowest BCUT2D eigenvalue weighted by atomic mass is 9.65. The second-order valence-electron chi connectivity index (χ2n) is 12.0. The molecule has 7 heteroatoms. The number of hydrogen-bond donors (Lipinski definition) is 1. The molecule has 1 amide bonds. The maximum Gasteiger partial charge on any atom is 0.262 e. The van der Waals surface area contributed by atoms with Crippen LogP contribution in [0.15, 0.2) is 71.2 Å². The highest BCUT2D eigenvalue weighted by molar-refractivity contribution is 6.30. The van der Waals surface area contributed by atoms with Crippen LogP contribution < -0.4 is 10.1 Å². The van der Waals surface area contributed by atoms with Crippen LogP contribution in [0.3, 0.4) is 0 Å². The molecule has 6 nitrogen and oxygen atoms in total. The first-order chi connectivity index (χ1) is 17.9. The third kappa shape index (κ3) is 5.41. The molecule has 0 fully saturated rings. The van der Waals surface area contributed by atoms with Gasteiger partial charge in [0.15, 0.2) is 18.2 Å². The van der Waals surface area contributed by atoms with Gasteiger partial charge in [0, 0.05) is 53.5 Å². The van der Waals surface area contributed by atoms with Crippen LogP contribution in [-0.4, -0.2) is 24.1 Å². The van der Waals surface area contributed by atoms with E-state index in [0.29, 0.717) is 64.8 Å². The van der Waals surface area contributed by atoms with Crippen molar-refractivity contribution in [2.24, 2.45) is 10.8 Å². The fraction of sp³-hybridized carbons (Fsp3) is 0.387. The molecule has 1 N–H and O–H groups in total. The van der Waals surface area contributed by atoms with Gasteiger partial charge in [-0.15, -0.1) is 0 Å². The number of halogens is 1. The summed E-state index contributed by atoms with van der Waals surface area (Å²) in [6.07, 6.45) is 2.13. The average molecular weight is 534 g/mol. The molecule has 1 aliphatic heterocycles. The monoisotopic (exact) mass is 533 g/mol. The summed E-state index contributed by atoms with van der Waals surface area (Å²) in [4.78, 5) is 39.1. The number of carbonyl (C=O) groups is 3. The number of ether oxygens (including phenoxy) is 2. The van der Waals surface area contributed by atoms with Gasteiger partial charge < -0.3 is 14.8 Å². The van der Waals surface area contributed by atoms with E-state index < -0.39 is 5.92 Å². The van der Waals surface area contributed by atoms with Gasteiger partial charge in [-0.25, -0.2) is 0 Å². The molecule has 0 saturated carbocycles. The first kappa shape index (κ1) is 26.2. The summed E-state index contributed by atoms with van der Waals surface area (Å²) in [5.41, 5.74) is 2.28. The molecule has 0 aromatic heterocycles. The van der Waals surface area contributed by atoms with Gasteiger partial charge in [-0.1, -0.05) is 51.4 Å². The highest BCUT2D eigenvalue weighted by Gasteiger charge is 2.47. The number of anilines is 1. The quantitative estimate of drug-likeness (QED) is 0.459. The number of nitrogens with one attached hydrogen (secondary N) is 1. The highest BCUT2D eigenvalue weighted by Crippen LogP contribution is 2.53. The number of ketones is 2. The van der Waals surface area contributed by atoms with Crippen LogP contribution >= 0.6 is 11.6 Å². The largest absolute Gasteiger partial charge is 0.484 e. The van der Waals surface area contributed by atoms with Crippen molar-refractivity contribution in [1.29, 1.82) is 0 Å². The van der Waals surface area contributed by atoms with Crippen molar-refractivity contribution in [3.8, 4) is 5.75 Å². The Kier molecular flexibility index (Phi) is 6.72. The molecular formula is C31H32ClNO5. The lowest BCUT2D eigenvalue weighted by Gasteiger charge is -2.42. The Morgan fingerprint density at radius 2 is 1.39 bits per heavy atom. The Labute approximate surface area is 228 Å². The first-order valence-corrected chi connectivity index (χ1v) is 13.3. The number of amides is 1. The summed E-state index contributed by atoms with van der Waals surface area (Å²) in [5, 5.41) is 3.35. The molecule has 198 valence electrons. The third-order valence-corrected chi connectivity index (χ3v) is 7.55. The lowest BCUT2D eigenvalue weighted by Crippen LogP contribution is -2.37. The summed E-state index contributed by atoms with van der Waals surface area (Å²) in [7, 11) is 0. The Balaban J connectivity index is 1.39. The molecule has 3 aliphatic rings. The average Bonchev–Trinajstić information content (AvgIpc) is 2.81. The molecular weight excluding hydrogens is 502 g/mol. The van der Waals surface area contributed by atoms with Crippen LogP contribution in [0.4, 0.5) is 5.69 Å². The van der Waals surface area contributed by atoms with Crippen molar-refractivity contribution in [2.45, 2.75) is 59.3 Å². The number of hydrogen-bond acceptors (Lipinski definition) is 5. The molecule has 0 saturated heterocycles. The van der Waals surface area contributed by atoms with Gasteiger partial charge in [0.25, 0.3) is 5.91 Å². The van der Waals surface area contributed by atoms with Crippen molar-refractivity contribution >= 4 is 34.8 Å². The predicted molar refractivity (Wildman–Crippen MR) is 146 cm³/mol. The SMILES string of the molecule is CC1(C)CC(=O)C2=C(C1)OC1=C(C(=O)CC(C)(C)C1)C2c1ccc(OCC(=O)Nc2ccc(Cl)cc2)cc1. The first-order valence-electron chi connectivity index (χ1n) is 12.9. The second kappa shape index (κ2) is 9.73. The standard InChI is InChI=1S/C31H32ClNO5/c1-30(2)13-22(34)28-24(15-30)38-25-16-31(3,4)14-23(35)29(25)27(28)18-5-11-21(12-6-18)37-17-26(36)33-20-9-7-19(32)8-10-20/h5-12,27H,13-17H2,1-4H3,(H,33,36). The van der Waals surface area contributed by atoms with Crippen molar-refractivity contribution in [3.63, 3.8) is 0 Å². The van der Waals surface area contributed by atoms with E-state index in [-0.39, 0.29) is 34.9 Å². The smallest absolute Gasteiger partial charge is 0.262 e. The fourth-order valence-electron chi connectivity index (χ4n) is 5.64. The third-order valence-electron chi connectivity index (χ3n) is 7.29. The molecule has 0 atom stereocenters. The van der Waals surface area contributed by atoms with Crippen molar-refractivity contribution < 1.29 is 23.9 Å². The zero-order valence-electron chi connectivity index (χ0n) is 22.2. The maximum atomic E-state index is 13.4. The van der Waals surface area contributed by atoms with E-state index in [0.717, 1.165) is 5.56 Å². The van der Waals surface area contributed by atoms with E-state index >= 15 is 0 Å². The lowest BCUT2D eigenvalue weighted by molar-refractivity contribution is -0.120. The zero-order chi connectivity index (χ0) is 27.2. The van der Waals surface area contributed by atoms with Crippen LogP contribution in [0, 0.1) is 10.8 Å². The summed E-state index contributed by atoms with van der Waals surface area (Å²) in [6.45, 7) is 8.12. The topological polar surface area (TPSA) is 81.7 Å². The minimum Gasteiger partial charge on any atom is -0.484 e. The van der Waals surface area contributed by atoms with Gasteiger partial charge in [-0.3, -0.25) is 14.4 Å². The Morgan fingerprint density at radius 1 is 0.868 bits per heavy atom. The molecule has 2 aromatic rings. The number of benzene rings is 2. The molecule has 0 radical (unpaired) electrons. The number of carbonyl (C=O) groups excluding carboxylic acids is 3. The van der Waals surface area contributed by atoms with Gasteiger partial charge >= 0.3 is 0 Å².